The van der Waals surface area contributed by atoms with Gasteiger partial charge < -0.3 is 4.42 Å². The Labute approximate surface area is 305 Å². The van der Waals surface area contributed by atoms with E-state index in [1.165, 1.54) is 0 Å². The highest BCUT2D eigenvalue weighted by molar-refractivity contribution is 6.26. The number of furan rings is 1. The van der Waals surface area contributed by atoms with E-state index < -0.39 is 24.2 Å². The van der Waals surface area contributed by atoms with Gasteiger partial charge in [-0.2, -0.15) is 0 Å². The average molecular weight is 655 g/mol. The average Bonchev–Trinajstić information content (AvgIpc) is 3.67. The predicted molar refractivity (Wildman–Crippen MR) is 218 cm³/mol. The minimum atomic E-state index is -0.431. The lowest BCUT2D eigenvalue weighted by Gasteiger charge is -2.19. The molecule has 0 bridgehead atoms. The maximum atomic E-state index is 9.50. The van der Waals surface area contributed by atoms with Crippen LogP contribution in [0.25, 0.3) is 109 Å². The molecule has 11 aromatic rings. The van der Waals surface area contributed by atoms with Gasteiger partial charge in [0, 0.05) is 10.8 Å². The summed E-state index contributed by atoms with van der Waals surface area (Å²) < 4.78 is 79.9. The van der Waals surface area contributed by atoms with Crippen LogP contribution in [0.4, 0.5) is 0 Å². The minimum Gasteiger partial charge on any atom is -0.456 e. The zero-order valence-corrected chi connectivity index (χ0v) is 27.1. The van der Waals surface area contributed by atoms with Gasteiger partial charge >= 0.3 is 0 Å². The van der Waals surface area contributed by atoms with Crippen LogP contribution in [0, 0.1) is 0 Å². The van der Waals surface area contributed by atoms with Crippen molar-refractivity contribution in [1.29, 1.82) is 0 Å². The third-order valence-electron chi connectivity index (χ3n) is 10.3. The van der Waals surface area contributed by atoms with Crippen LogP contribution in [0.3, 0.4) is 0 Å². The molecule has 0 amide bonds. The molecule has 0 N–H and O–H groups in total. The van der Waals surface area contributed by atoms with Crippen LogP contribution in [0.5, 0.6) is 0 Å². The Morgan fingerprint density at radius 2 is 0.882 bits per heavy atom. The monoisotopic (exact) mass is 654 g/mol. The highest BCUT2D eigenvalue weighted by Crippen LogP contribution is 2.47. The summed E-state index contributed by atoms with van der Waals surface area (Å²) in [6.45, 7) is 0. The van der Waals surface area contributed by atoms with E-state index in [-0.39, 0.29) is 45.7 Å². The molecule has 0 saturated heterocycles. The number of hydrogen-bond donors (Lipinski definition) is 0. The Morgan fingerprint density at radius 3 is 1.63 bits per heavy atom. The molecule has 10 aromatic carbocycles. The van der Waals surface area contributed by atoms with Crippen LogP contribution >= 0.6 is 0 Å². The van der Waals surface area contributed by atoms with Crippen molar-refractivity contribution < 1.29 is 15.4 Å². The molecule has 0 radical (unpaired) electrons. The van der Waals surface area contributed by atoms with E-state index in [9.17, 15) is 5.48 Å². The van der Waals surface area contributed by atoms with Crippen molar-refractivity contribution in [3.8, 4) is 33.4 Å². The molecule has 236 valence electrons. The third-order valence-corrected chi connectivity index (χ3v) is 10.3. The third kappa shape index (κ3) is 4.16. The first-order chi connectivity index (χ1) is 28.6. The van der Waals surface area contributed by atoms with Gasteiger partial charge in [0.1, 0.15) is 11.2 Å². The van der Waals surface area contributed by atoms with Gasteiger partial charge in [0.25, 0.3) is 0 Å². The van der Waals surface area contributed by atoms with Crippen LogP contribution in [-0.4, -0.2) is 0 Å². The summed E-state index contributed by atoms with van der Waals surface area (Å²) in [6, 6.07) is 40.7. The standard InChI is InChI=1S/C50H30O/c1-3-16-35-31(12-1)14-10-23-38(35)48-42-20-7-5-18-40(42)47(41-19-6-8-21-43(41)48)34-27-26-33-15-9-22-37(44(33)30-34)39-24-11-25-45-50(39)49-36-17-4-2-13-32(36)28-29-46(49)51-45/h1-30H/i5D,6D,7D,8D,18D,19D,20D,21D. The molecule has 11 rings (SSSR count). The topological polar surface area (TPSA) is 13.1 Å². The highest BCUT2D eigenvalue weighted by Gasteiger charge is 2.20. The second-order valence-corrected chi connectivity index (χ2v) is 13.0. The maximum Gasteiger partial charge on any atom is 0.136 e. The largest absolute Gasteiger partial charge is 0.456 e. The summed E-state index contributed by atoms with van der Waals surface area (Å²) in [5, 5.41) is 8.34. The zero-order chi connectivity index (χ0) is 40.4. The molecule has 0 aliphatic rings. The summed E-state index contributed by atoms with van der Waals surface area (Å²) >= 11 is 0. The van der Waals surface area contributed by atoms with Crippen molar-refractivity contribution in [2.45, 2.75) is 0 Å². The van der Waals surface area contributed by atoms with Crippen LogP contribution in [0.1, 0.15) is 11.0 Å². The number of hydrogen-bond acceptors (Lipinski definition) is 1. The molecule has 0 unspecified atom stereocenters. The van der Waals surface area contributed by atoms with E-state index in [0.717, 1.165) is 65.4 Å². The molecule has 0 fully saturated rings. The first-order valence-electron chi connectivity index (χ1n) is 20.9. The van der Waals surface area contributed by atoms with Gasteiger partial charge in [0.05, 0.1) is 11.0 Å². The molecular formula is C50H30O. The van der Waals surface area contributed by atoms with Gasteiger partial charge in [-0.15, -0.1) is 0 Å². The lowest BCUT2D eigenvalue weighted by molar-refractivity contribution is 0.669. The van der Waals surface area contributed by atoms with Gasteiger partial charge in [0.15, 0.2) is 0 Å². The Balaban J connectivity index is 1.32. The zero-order valence-electron chi connectivity index (χ0n) is 35.1. The van der Waals surface area contributed by atoms with Gasteiger partial charge in [0.2, 0.25) is 0 Å². The Bertz CT molecular complexity index is 3580. The summed E-state index contributed by atoms with van der Waals surface area (Å²) in [6.07, 6.45) is 0. The van der Waals surface area contributed by atoms with Gasteiger partial charge in [-0.05, 0) is 105 Å². The molecule has 0 saturated carbocycles. The fraction of sp³-hybridized carbons (Fsp3) is 0. The Hall–Kier alpha value is -6.70. The smallest absolute Gasteiger partial charge is 0.136 e. The van der Waals surface area contributed by atoms with Crippen LogP contribution < -0.4 is 0 Å². The quantitative estimate of drug-likeness (QED) is 0.173. The van der Waals surface area contributed by atoms with Crippen molar-refractivity contribution in [2.24, 2.45) is 0 Å². The SMILES string of the molecule is [2H]c1c([2H])c([2H])c2c(-c3cccc4ccccc34)c3c([2H])c([2H])c([2H])c([2H])c3c(-c3ccc4cccc(-c5cccc6oc7ccc8ccccc8c7c56)c4c3)c2c1[2H]. The number of fused-ring (bicyclic) bond motifs is 9. The van der Waals surface area contributed by atoms with E-state index in [4.69, 9.17) is 9.90 Å². The molecule has 0 aliphatic carbocycles. The fourth-order valence-corrected chi connectivity index (χ4v) is 8.10. The van der Waals surface area contributed by atoms with E-state index in [2.05, 4.69) is 30.3 Å². The second kappa shape index (κ2) is 10.9. The van der Waals surface area contributed by atoms with E-state index >= 15 is 0 Å². The molecule has 1 aromatic heterocycles. The number of rotatable bonds is 3. The van der Waals surface area contributed by atoms with Crippen LogP contribution in [-0.2, 0) is 0 Å². The van der Waals surface area contributed by atoms with Gasteiger partial charge in [-0.3, -0.25) is 0 Å². The van der Waals surface area contributed by atoms with Crippen molar-refractivity contribution in [1.82, 2.24) is 0 Å². The van der Waals surface area contributed by atoms with Crippen LogP contribution in [0.15, 0.2) is 186 Å². The fourth-order valence-electron chi connectivity index (χ4n) is 8.10. The summed E-state index contributed by atoms with van der Waals surface area (Å²) in [5.74, 6) is 0. The first kappa shape index (κ1) is 21.4. The highest BCUT2D eigenvalue weighted by atomic mass is 16.3. The molecule has 51 heavy (non-hydrogen) atoms. The van der Waals surface area contributed by atoms with Crippen molar-refractivity contribution in [3.05, 3.63) is 182 Å². The first-order valence-corrected chi connectivity index (χ1v) is 16.9. The normalized spacial score (nSPS) is 14.1. The van der Waals surface area contributed by atoms with Gasteiger partial charge in [-0.25, -0.2) is 0 Å². The lowest BCUT2D eigenvalue weighted by Crippen LogP contribution is -1.92. The van der Waals surface area contributed by atoms with Crippen molar-refractivity contribution in [2.75, 3.05) is 0 Å². The summed E-state index contributed by atoms with van der Waals surface area (Å²) in [4.78, 5) is 0. The molecule has 0 aliphatic heterocycles. The van der Waals surface area contributed by atoms with Crippen molar-refractivity contribution >= 4 is 75.8 Å². The number of benzene rings is 10. The second-order valence-electron chi connectivity index (χ2n) is 13.0. The maximum absolute atomic E-state index is 9.50. The van der Waals surface area contributed by atoms with E-state index in [1.807, 2.05) is 103 Å². The van der Waals surface area contributed by atoms with Crippen LogP contribution in [0.2, 0.25) is 0 Å². The molecule has 1 heterocycles. The Kier molecular flexibility index (Phi) is 4.57. The lowest BCUT2D eigenvalue weighted by atomic mass is 9.84. The predicted octanol–water partition coefficient (Wildman–Crippen LogP) is 14.4. The van der Waals surface area contributed by atoms with Crippen molar-refractivity contribution in [3.63, 3.8) is 0 Å². The minimum absolute atomic E-state index is 0.183. The summed E-state index contributed by atoms with van der Waals surface area (Å²) in [5.41, 5.74) is 5.19. The molecule has 1 nitrogen and oxygen atoms in total. The molecule has 1 heteroatoms. The molecule has 0 spiro atoms. The van der Waals surface area contributed by atoms with E-state index in [0.29, 0.717) is 22.3 Å². The Morgan fingerprint density at radius 1 is 0.353 bits per heavy atom. The van der Waals surface area contributed by atoms with Gasteiger partial charge in [-0.1, -0.05) is 164 Å². The summed E-state index contributed by atoms with van der Waals surface area (Å²) in [7, 11) is 0. The van der Waals surface area contributed by atoms with E-state index in [1.54, 1.807) is 0 Å². The molecular weight excluding hydrogens is 617 g/mol. The molecule has 0 atom stereocenters.